The number of likely N-dealkylation sites (tertiary alicyclic amines) is 1. The van der Waals surface area contributed by atoms with E-state index >= 15 is 0 Å². The standard InChI is InChI=1S/C19H22N6/c1-25-6-4-16(5-7-25)23-19-12-22-17-3-2-13(9-18(17)24-19)14-8-15(20)11-21-10-14/h2-3,8-12,16H,4-7,20H2,1H3,(H,23,24). The Morgan fingerprint density at radius 3 is 2.68 bits per heavy atom. The molecule has 4 rings (SSSR count). The first-order valence-electron chi connectivity index (χ1n) is 8.60. The number of hydrogen-bond donors (Lipinski definition) is 2. The molecule has 0 amide bonds. The average molecular weight is 334 g/mol. The number of anilines is 2. The summed E-state index contributed by atoms with van der Waals surface area (Å²) in [5.74, 6) is 0.838. The Kier molecular flexibility index (Phi) is 4.19. The lowest BCUT2D eigenvalue weighted by molar-refractivity contribution is 0.263. The predicted octanol–water partition coefficient (Wildman–Crippen LogP) is 2.78. The molecule has 0 atom stereocenters. The second-order valence-corrected chi connectivity index (χ2v) is 6.69. The Labute approximate surface area is 147 Å². The van der Waals surface area contributed by atoms with Gasteiger partial charge in [0.15, 0.2) is 0 Å². The van der Waals surface area contributed by atoms with E-state index in [2.05, 4.69) is 27.2 Å². The Morgan fingerprint density at radius 1 is 1.04 bits per heavy atom. The highest BCUT2D eigenvalue weighted by atomic mass is 15.1. The van der Waals surface area contributed by atoms with Gasteiger partial charge >= 0.3 is 0 Å². The fourth-order valence-electron chi connectivity index (χ4n) is 3.24. The van der Waals surface area contributed by atoms with Crippen LogP contribution in [0.25, 0.3) is 22.2 Å². The molecular formula is C19H22N6. The van der Waals surface area contributed by atoms with Crippen LogP contribution in [-0.4, -0.2) is 46.0 Å². The van der Waals surface area contributed by atoms with Gasteiger partial charge in [-0.25, -0.2) is 4.98 Å². The molecule has 0 aliphatic carbocycles. The maximum atomic E-state index is 5.84. The molecule has 128 valence electrons. The number of fused-ring (bicyclic) bond motifs is 1. The molecule has 1 fully saturated rings. The zero-order valence-electron chi connectivity index (χ0n) is 14.3. The number of nitrogens with one attached hydrogen (secondary N) is 1. The highest BCUT2D eigenvalue weighted by Crippen LogP contribution is 2.24. The summed E-state index contributed by atoms with van der Waals surface area (Å²) in [6.45, 7) is 2.23. The van der Waals surface area contributed by atoms with Crippen LogP contribution in [0.5, 0.6) is 0 Å². The highest BCUT2D eigenvalue weighted by molar-refractivity contribution is 5.82. The van der Waals surface area contributed by atoms with E-state index in [4.69, 9.17) is 10.7 Å². The number of hydrogen-bond acceptors (Lipinski definition) is 6. The summed E-state index contributed by atoms with van der Waals surface area (Å²) < 4.78 is 0. The van der Waals surface area contributed by atoms with Crippen LogP contribution in [0.4, 0.5) is 11.5 Å². The largest absolute Gasteiger partial charge is 0.397 e. The van der Waals surface area contributed by atoms with Crippen molar-refractivity contribution < 1.29 is 0 Å². The zero-order chi connectivity index (χ0) is 17.2. The number of piperidine rings is 1. The van der Waals surface area contributed by atoms with Gasteiger partial charge in [0.25, 0.3) is 0 Å². The van der Waals surface area contributed by atoms with E-state index < -0.39 is 0 Å². The van der Waals surface area contributed by atoms with Gasteiger partial charge in [0.1, 0.15) is 5.82 Å². The number of aromatic nitrogens is 3. The smallest absolute Gasteiger partial charge is 0.145 e. The van der Waals surface area contributed by atoms with E-state index in [1.165, 1.54) is 0 Å². The maximum Gasteiger partial charge on any atom is 0.145 e. The van der Waals surface area contributed by atoms with Crippen LogP contribution in [0.3, 0.4) is 0 Å². The van der Waals surface area contributed by atoms with Crippen molar-refractivity contribution in [1.82, 2.24) is 19.9 Å². The number of nitrogens with zero attached hydrogens (tertiary/aromatic N) is 4. The van der Waals surface area contributed by atoms with E-state index in [1.807, 2.05) is 36.7 Å². The van der Waals surface area contributed by atoms with Gasteiger partial charge in [-0.2, -0.15) is 0 Å². The second kappa shape index (κ2) is 6.64. The van der Waals surface area contributed by atoms with Crippen molar-refractivity contribution in [2.75, 3.05) is 31.2 Å². The van der Waals surface area contributed by atoms with Crippen LogP contribution in [0.1, 0.15) is 12.8 Å². The molecule has 0 bridgehead atoms. The van der Waals surface area contributed by atoms with Crippen molar-refractivity contribution in [3.05, 3.63) is 42.9 Å². The van der Waals surface area contributed by atoms with E-state index in [1.54, 1.807) is 6.20 Å². The summed E-state index contributed by atoms with van der Waals surface area (Å²) >= 11 is 0. The van der Waals surface area contributed by atoms with Crippen LogP contribution in [0.15, 0.2) is 42.9 Å². The Hall–Kier alpha value is -2.73. The van der Waals surface area contributed by atoms with Crippen molar-refractivity contribution in [2.24, 2.45) is 0 Å². The number of pyridine rings is 1. The fraction of sp³-hybridized carbons (Fsp3) is 0.316. The van der Waals surface area contributed by atoms with Gasteiger partial charge in [-0.15, -0.1) is 0 Å². The first kappa shape index (κ1) is 15.8. The minimum absolute atomic E-state index is 0.462. The molecule has 3 N–H and O–H groups in total. The summed E-state index contributed by atoms with van der Waals surface area (Å²) in [5, 5.41) is 3.53. The molecule has 1 saturated heterocycles. The average Bonchev–Trinajstić information content (AvgIpc) is 2.63. The van der Waals surface area contributed by atoms with Crippen LogP contribution in [0.2, 0.25) is 0 Å². The minimum atomic E-state index is 0.462. The lowest BCUT2D eigenvalue weighted by Gasteiger charge is -2.29. The third kappa shape index (κ3) is 3.53. The SMILES string of the molecule is CN1CCC(Nc2cnc3ccc(-c4cncc(N)c4)cc3n2)CC1. The van der Waals surface area contributed by atoms with Gasteiger partial charge in [-0.1, -0.05) is 6.07 Å². The van der Waals surface area contributed by atoms with E-state index in [-0.39, 0.29) is 0 Å². The van der Waals surface area contributed by atoms with E-state index in [0.29, 0.717) is 11.7 Å². The molecule has 0 unspecified atom stereocenters. The van der Waals surface area contributed by atoms with Gasteiger partial charge in [0, 0.05) is 24.0 Å². The zero-order valence-corrected chi connectivity index (χ0v) is 14.3. The molecule has 2 aromatic heterocycles. The molecular weight excluding hydrogens is 312 g/mol. The Morgan fingerprint density at radius 2 is 1.88 bits per heavy atom. The van der Waals surface area contributed by atoms with Gasteiger partial charge in [0.2, 0.25) is 0 Å². The molecule has 3 aromatic rings. The van der Waals surface area contributed by atoms with E-state index in [9.17, 15) is 0 Å². The van der Waals surface area contributed by atoms with Gasteiger partial charge in [-0.3, -0.25) is 9.97 Å². The van der Waals surface area contributed by atoms with Crippen molar-refractivity contribution in [3.8, 4) is 11.1 Å². The first-order chi connectivity index (χ1) is 12.2. The summed E-state index contributed by atoms with van der Waals surface area (Å²) in [5.41, 5.74) is 10.3. The molecule has 1 aliphatic rings. The third-order valence-electron chi connectivity index (χ3n) is 4.71. The van der Waals surface area contributed by atoms with Crippen molar-refractivity contribution in [2.45, 2.75) is 18.9 Å². The number of nitrogens with two attached hydrogens (primary N) is 1. The molecule has 0 spiro atoms. The van der Waals surface area contributed by atoms with Crippen LogP contribution in [-0.2, 0) is 0 Å². The molecule has 6 nitrogen and oxygen atoms in total. The Bertz CT molecular complexity index is 886. The summed E-state index contributed by atoms with van der Waals surface area (Å²) in [6.07, 6.45) is 7.54. The predicted molar refractivity (Wildman–Crippen MR) is 101 cm³/mol. The number of nitrogen functional groups attached to an aromatic ring is 1. The summed E-state index contributed by atoms with van der Waals surface area (Å²) in [6, 6.07) is 8.43. The van der Waals surface area contributed by atoms with Gasteiger partial charge < -0.3 is 16.0 Å². The fourth-order valence-corrected chi connectivity index (χ4v) is 3.24. The van der Waals surface area contributed by atoms with Gasteiger partial charge in [-0.05, 0) is 56.7 Å². The van der Waals surface area contributed by atoms with Crippen molar-refractivity contribution in [3.63, 3.8) is 0 Å². The second-order valence-electron chi connectivity index (χ2n) is 6.69. The molecule has 3 heterocycles. The number of rotatable bonds is 3. The highest BCUT2D eigenvalue weighted by Gasteiger charge is 2.17. The monoisotopic (exact) mass is 334 g/mol. The van der Waals surface area contributed by atoms with Crippen LogP contribution in [0, 0.1) is 0 Å². The topological polar surface area (TPSA) is 80.0 Å². The molecule has 1 aliphatic heterocycles. The Balaban J connectivity index is 1.60. The van der Waals surface area contributed by atoms with E-state index in [0.717, 1.165) is 53.9 Å². The van der Waals surface area contributed by atoms with Crippen LogP contribution >= 0.6 is 0 Å². The van der Waals surface area contributed by atoms with Crippen molar-refractivity contribution >= 4 is 22.5 Å². The summed E-state index contributed by atoms with van der Waals surface area (Å²) in [4.78, 5) is 15.8. The van der Waals surface area contributed by atoms with Crippen LogP contribution < -0.4 is 11.1 Å². The molecule has 0 radical (unpaired) electrons. The quantitative estimate of drug-likeness (QED) is 0.767. The van der Waals surface area contributed by atoms with Crippen molar-refractivity contribution in [1.29, 1.82) is 0 Å². The lowest BCUT2D eigenvalue weighted by atomic mass is 10.1. The lowest BCUT2D eigenvalue weighted by Crippen LogP contribution is -2.36. The molecule has 1 aromatic carbocycles. The third-order valence-corrected chi connectivity index (χ3v) is 4.71. The first-order valence-corrected chi connectivity index (χ1v) is 8.60. The molecule has 25 heavy (non-hydrogen) atoms. The van der Waals surface area contributed by atoms with Gasteiger partial charge in [0.05, 0.1) is 22.9 Å². The molecule has 0 saturated carbocycles. The number of benzene rings is 1. The molecule has 6 heteroatoms. The maximum absolute atomic E-state index is 5.84. The normalized spacial score (nSPS) is 16.2. The summed E-state index contributed by atoms with van der Waals surface area (Å²) in [7, 11) is 2.17. The minimum Gasteiger partial charge on any atom is -0.397 e.